The summed E-state index contributed by atoms with van der Waals surface area (Å²) in [5, 5.41) is 0. The molecule has 1 heterocycles. The molecule has 1 aliphatic carbocycles. The van der Waals surface area contributed by atoms with Crippen LogP contribution >= 0.6 is 0 Å². The van der Waals surface area contributed by atoms with Crippen molar-refractivity contribution in [3.8, 4) is 0 Å². The molecule has 2 rings (SSSR count). The van der Waals surface area contributed by atoms with E-state index in [4.69, 9.17) is 4.74 Å². The summed E-state index contributed by atoms with van der Waals surface area (Å²) in [6.45, 7) is 3.63. The fourth-order valence-corrected chi connectivity index (χ4v) is 1.92. The molecule has 0 bridgehead atoms. The number of fused-ring (bicyclic) bond motifs is 1. The maximum absolute atomic E-state index is 11.4. The van der Waals surface area contributed by atoms with Gasteiger partial charge in [0.2, 0.25) is 0 Å². The third-order valence-corrected chi connectivity index (χ3v) is 2.61. The molecular formula is C9H12O2. The van der Waals surface area contributed by atoms with Gasteiger partial charge in [0.05, 0.1) is 6.10 Å². The van der Waals surface area contributed by atoms with Crippen LogP contribution in [0.5, 0.6) is 0 Å². The number of Topliss-reactive ketones (excluding diaryl/α,β-unsaturated/α-hetero) is 1. The van der Waals surface area contributed by atoms with E-state index in [1.807, 2.05) is 0 Å². The first-order chi connectivity index (χ1) is 5.29. The Labute approximate surface area is 66.2 Å². The Balaban J connectivity index is 2.13. The maximum atomic E-state index is 11.4. The van der Waals surface area contributed by atoms with Gasteiger partial charge in [0, 0.05) is 12.8 Å². The lowest BCUT2D eigenvalue weighted by Gasteiger charge is -2.13. The number of epoxide rings is 1. The average molecular weight is 152 g/mol. The minimum absolute atomic E-state index is 0.224. The van der Waals surface area contributed by atoms with Gasteiger partial charge in [0.25, 0.3) is 0 Å². The summed E-state index contributed by atoms with van der Waals surface area (Å²) >= 11 is 0. The van der Waals surface area contributed by atoms with Crippen molar-refractivity contribution >= 4 is 5.78 Å². The van der Waals surface area contributed by atoms with Gasteiger partial charge in [-0.05, 0) is 12.8 Å². The SMILES string of the molecule is C=CC[C@]12O[C@H]1CCCC2=O. The minimum Gasteiger partial charge on any atom is -0.357 e. The van der Waals surface area contributed by atoms with Gasteiger partial charge in [-0.1, -0.05) is 6.08 Å². The molecule has 2 atom stereocenters. The van der Waals surface area contributed by atoms with E-state index in [1.54, 1.807) is 6.08 Å². The Hall–Kier alpha value is -0.630. The Kier molecular flexibility index (Phi) is 1.39. The van der Waals surface area contributed by atoms with Crippen molar-refractivity contribution in [1.29, 1.82) is 0 Å². The summed E-state index contributed by atoms with van der Waals surface area (Å²) in [6, 6.07) is 0. The van der Waals surface area contributed by atoms with Crippen LogP contribution in [-0.4, -0.2) is 17.5 Å². The smallest absolute Gasteiger partial charge is 0.167 e. The van der Waals surface area contributed by atoms with Crippen LogP contribution < -0.4 is 0 Å². The molecular weight excluding hydrogens is 140 g/mol. The number of carbonyl (C=O) groups excluding carboxylic acids is 1. The average Bonchev–Trinajstić information content (AvgIpc) is 2.66. The van der Waals surface area contributed by atoms with E-state index in [1.165, 1.54) is 0 Å². The van der Waals surface area contributed by atoms with E-state index in [0.29, 0.717) is 12.8 Å². The first-order valence-electron chi connectivity index (χ1n) is 4.11. The second kappa shape index (κ2) is 2.18. The van der Waals surface area contributed by atoms with E-state index >= 15 is 0 Å². The molecule has 0 spiro atoms. The molecule has 0 N–H and O–H groups in total. The summed E-state index contributed by atoms with van der Waals surface area (Å²) in [5.74, 6) is 0.286. The van der Waals surface area contributed by atoms with E-state index in [2.05, 4.69) is 6.58 Å². The van der Waals surface area contributed by atoms with Gasteiger partial charge in [-0.2, -0.15) is 0 Å². The number of hydrogen-bond acceptors (Lipinski definition) is 2. The number of ketones is 1. The molecule has 11 heavy (non-hydrogen) atoms. The molecule has 1 saturated carbocycles. The first-order valence-corrected chi connectivity index (χ1v) is 4.11. The second-order valence-electron chi connectivity index (χ2n) is 3.30. The number of carbonyl (C=O) groups is 1. The van der Waals surface area contributed by atoms with Gasteiger partial charge in [0.15, 0.2) is 11.4 Å². The Morgan fingerprint density at radius 2 is 2.64 bits per heavy atom. The van der Waals surface area contributed by atoms with Crippen molar-refractivity contribution in [2.45, 2.75) is 37.4 Å². The zero-order valence-corrected chi connectivity index (χ0v) is 6.51. The third kappa shape index (κ3) is 0.857. The van der Waals surface area contributed by atoms with Crippen LogP contribution in [0.1, 0.15) is 25.7 Å². The normalized spacial score (nSPS) is 41.5. The monoisotopic (exact) mass is 152 g/mol. The number of ether oxygens (including phenoxy) is 1. The molecule has 0 aromatic carbocycles. The van der Waals surface area contributed by atoms with Crippen LogP contribution in [0.3, 0.4) is 0 Å². The van der Waals surface area contributed by atoms with E-state index in [9.17, 15) is 4.79 Å². The van der Waals surface area contributed by atoms with Crippen LogP contribution in [0.4, 0.5) is 0 Å². The molecule has 2 aliphatic rings. The molecule has 1 aliphatic heterocycles. The lowest BCUT2D eigenvalue weighted by Crippen LogP contribution is -2.30. The van der Waals surface area contributed by atoms with E-state index < -0.39 is 5.60 Å². The molecule has 2 heteroatoms. The molecule has 0 radical (unpaired) electrons. The zero-order chi connectivity index (χ0) is 7.90. The number of hydrogen-bond donors (Lipinski definition) is 0. The summed E-state index contributed by atoms with van der Waals surface area (Å²) in [5.41, 5.74) is -0.403. The van der Waals surface area contributed by atoms with Crippen molar-refractivity contribution in [3.05, 3.63) is 12.7 Å². The van der Waals surface area contributed by atoms with Gasteiger partial charge in [-0.3, -0.25) is 4.79 Å². The summed E-state index contributed by atoms with van der Waals surface area (Å²) in [6.07, 6.45) is 5.47. The number of rotatable bonds is 2. The summed E-state index contributed by atoms with van der Waals surface area (Å²) in [4.78, 5) is 11.4. The third-order valence-electron chi connectivity index (χ3n) is 2.61. The Morgan fingerprint density at radius 3 is 3.27 bits per heavy atom. The largest absolute Gasteiger partial charge is 0.357 e. The molecule has 2 fully saturated rings. The van der Waals surface area contributed by atoms with Crippen LogP contribution in [0, 0.1) is 0 Å². The molecule has 2 nitrogen and oxygen atoms in total. The van der Waals surface area contributed by atoms with Crippen molar-refractivity contribution < 1.29 is 9.53 Å². The second-order valence-corrected chi connectivity index (χ2v) is 3.30. The molecule has 0 aromatic rings. The van der Waals surface area contributed by atoms with Gasteiger partial charge in [0.1, 0.15) is 0 Å². The van der Waals surface area contributed by atoms with Gasteiger partial charge in [-0.25, -0.2) is 0 Å². The molecule has 60 valence electrons. The fraction of sp³-hybridized carbons (Fsp3) is 0.667. The highest BCUT2D eigenvalue weighted by atomic mass is 16.6. The Bertz CT molecular complexity index is 210. The van der Waals surface area contributed by atoms with Crippen molar-refractivity contribution in [2.24, 2.45) is 0 Å². The minimum atomic E-state index is -0.403. The van der Waals surface area contributed by atoms with Crippen LogP contribution in [-0.2, 0) is 9.53 Å². The zero-order valence-electron chi connectivity index (χ0n) is 6.51. The summed E-state index contributed by atoms with van der Waals surface area (Å²) < 4.78 is 5.40. The topological polar surface area (TPSA) is 29.6 Å². The van der Waals surface area contributed by atoms with Gasteiger partial charge >= 0.3 is 0 Å². The maximum Gasteiger partial charge on any atom is 0.167 e. The highest BCUT2D eigenvalue weighted by Gasteiger charge is 2.61. The first kappa shape index (κ1) is 7.04. The molecule has 0 unspecified atom stereocenters. The van der Waals surface area contributed by atoms with Crippen LogP contribution in [0.15, 0.2) is 12.7 Å². The molecule has 1 saturated heterocycles. The van der Waals surface area contributed by atoms with E-state index in [-0.39, 0.29) is 11.9 Å². The van der Waals surface area contributed by atoms with Gasteiger partial charge < -0.3 is 4.74 Å². The quantitative estimate of drug-likeness (QED) is 0.442. The molecule has 0 amide bonds. The lowest BCUT2D eigenvalue weighted by molar-refractivity contribution is -0.124. The lowest BCUT2D eigenvalue weighted by atomic mass is 9.85. The van der Waals surface area contributed by atoms with Crippen molar-refractivity contribution in [2.75, 3.05) is 0 Å². The molecule has 0 aromatic heterocycles. The predicted octanol–water partition coefficient (Wildman–Crippen LogP) is 1.45. The highest BCUT2D eigenvalue weighted by Crippen LogP contribution is 2.47. The summed E-state index contributed by atoms with van der Waals surface area (Å²) in [7, 11) is 0. The highest BCUT2D eigenvalue weighted by molar-refractivity contribution is 5.91. The standard InChI is InChI=1S/C9H12O2/c1-2-6-9-7(10)4-3-5-8(9)11-9/h2,8H,1,3-6H2/t8-,9+/m0/s1. The van der Waals surface area contributed by atoms with Gasteiger partial charge in [-0.15, -0.1) is 6.58 Å². The fourth-order valence-electron chi connectivity index (χ4n) is 1.92. The van der Waals surface area contributed by atoms with Crippen molar-refractivity contribution in [3.63, 3.8) is 0 Å². The Morgan fingerprint density at radius 1 is 1.82 bits per heavy atom. The van der Waals surface area contributed by atoms with Crippen LogP contribution in [0.2, 0.25) is 0 Å². The predicted molar refractivity (Wildman–Crippen MR) is 41.3 cm³/mol. The van der Waals surface area contributed by atoms with E-state index in [0.717, 1.165) is 12.8 Å². The van der Waals surface area contributed by atoms with Crippen molar-refractivity contribution in [1.82, 2.24) is 0 Å². The van der Waals surface area contributed by atoms with Crippen LogP contribution in [0.25, 0.3) is 0 Å².